The van der Waals surface area contributed by atoms with E-state index in [2.05, 4.69) is 25.2 Å². The molecule has 0 aliphatic rings. The maximum atomic E-state index is 11.6. The highest BCUT2D eigenvalue weighted by atomic mass is 32.2. The van der Waals surface area contributed by atoms with Crippen LogP contribution in [0, 0.1) is 0 Å². The van der Waals surface area contributed by atoms with E-state index in [0.717, 1.165) is 6.26 Å². The van der Waals surface area contributed by atoms with Crippen molar-refractivity contribution >= 4 is 32.7 Å². The molecule has 0 aromatic carbocycles. The van der Waals surface area contributed by atoms with E-state index in [1.807, 2.05) is 0 Å². The monoisotopic (exact) mass is 299 g/mol. The van der Waals surface area contributed by atoms with Gasteiger partial charge in [-0.2, -0.15) is 5.10 Å². The molecule has 0 radical (unpaired) electrons. The van der Waals surface area contributed by atoms with E-state index in [0.29, 0.717) is 5.52 Å². The minimum atomic E-state index is -3.33. The van der Waals surface area contributed by atoms with Gasteiger partial charge in [0, 0.05) is 19.2 Å². The summed E-state index contributed by atoms with van der Waals surface area (Å²) < 4.78 is 23.9. The summed E-state index contributed by atoms with van der Waals surface area (Å²) in [5.74, 6) is -0.330. The van der Waals surface area contributed by atoms with Gasteiger partial charge in [0.2, 0.25) is 15.9 Å². The number of aromatic nitrogens is 3. The van der Waals surface area contributed by atoms with Gasteiger partial charge in [-0.15, -0.1) is 0 Å². The lowest BCUT2D eigenvalue weighted by molar-refractivity contribution is -0.116. The zero-order valence-electron chi connectivity index (χ0n) is 10.6. The standard InChI is InChI=1S/C10H13N5O4S/c1-20(18,19)12-5-3-7(16)13-9-8-6(14-15-9)2-4-11-10(8)17/h2,4,12H,3,5H2,1H3,(H,11,17)(H2,13,14,15,16). The molecule has 9 nitrogen and oxygen atoms in total. The molecule has 10 heteroatoms. The maximum absolute atomic E-state index is 11.6. The van der Waals surface area contributed by atoms with Crippen LogP contribution in [-0.2, 0) is 14.8 Å². The van der Waals surface area contributed by atoms with Gasteiger partial charge in [-0.05, 0) is 6.07 Å². The van der Waals surface area contributed by atoms with Crippen molar-refractivity contribution < 1.29 is 13.2 Å². The molecule has 2 aromatic heterocycles. The third kappa shape index (κ3) is 3.42. The third-order valence-corrected chi connectivity index (χ3v) is 3.19. The molecule has 1 amide bonds. The average Bonchev–Trinajstić information content (AvgIpc) is 2.72. The van der Waals surface area contributed by atoms with Gasteiger partial charge in [-0.25, -0.2) is 13.1 Å². The van der Waals surface area contributed by atoms with Gasteiger partial charge in [0.25, 0.3) is 5.56 Å². The van der Waals surface area contributed by atoms with Gasteiger partial charge in [0.05, 0.1) is 11.8 Å². The quantitative estimate of drug-likeness (QED) is 0.568. The SMILES string of the molecule is CS(=O)(=O)NCCC(=O)Nc1n[nH]c2cc[nH]c(=O)c12. The summed E-state index contributed by atoms with van der Waals surface area (Å²) >= 11 is 0. The van der Waals surface area contributed by atoms with Crippen LogP contribution in [0.15, 0.2) is 17.1 Å². The van der Waals surface area contributed by atoms with E-state index in [9.17, 15) is 18.0 Å². The fourth-order valence-corrected chi connectivity index (χ4v) is 2.09. The number of pyridine rings is 1. The molecule has 0 atom stereocenters. The molecule has 108 valence electrons. The molecule has 0 aliphatic heterocycles. The summed E-state index contributed by atoms with van der Waals surface area (Å²) in [6.07, 6.45) is 2.41. The first-order valence-corrected chi connectivity index (χ1v) is 7.56. The molecule has 0 unspecified atom stereocenters. The second kappa shape index (κ2) is 5.43. The summed E-state index contributed by atoms with van der Waals surface area (Å²) in [7, 11) is -3.33. The van der Waals surface area contributed by atoms with Gasteiger partial charge in [-0.3, -0.25) is 14.7 Å². The number of hydrogen-bond acceptors (Lipinski definition) is 5. The minimum absolute atomic E-state index is 0.0244. The molecule has 0 bridgehead atoms. The lowest BCUT2D eigenvalue weighted by Crippen LogP contribution is -2.26. The molecule has 0 aliphatic carbocycles. The van der Waals surface area contributed by atoms with Crippen molar-refractivity contribution in [1.82, 2.24) is 19.9 Å². The summed E-state index contributed by atoms with van der Waals surface area (Å²) in [6.45, 7) is -0.0244. The van der Waals surface area contributed by atoms with Crippen LogP contribution < -0.4 is 15.6 Å². The predicted molar refractivity (Wildman–Crippen MR) is 72.8 cm³/mol. The Bertz CT molecular complexity index is 791. The number of carbonyl (C=O) groups is 1. The number of nitrogens with zero attached hydrogens (tertiary/aromatic N) is 1. The Balaban J connectivity index is 2.05. The number of carbonyl (C=O) groups excluding carboxylic acids is 1. The highest BCUT2D eigenvalue weighted by Gasteiger charge is 2.12. The van der Waals surface area contributed by atoms with Crippen LogP contribution in [0.2, 0.25) is 0 Å². The van der Waals surface area contributed by atoms with Gasteiger partial charge < -0.3 is 10.3 Å². The Morgan fingerprint density at radius 1 is 1.45 bits per heavy atom. The fourth-order valence-electron chi connectivity index (χ4n) is 1.61. The molecule has 2 aromatic rings. The number of fused-ring (bicyclic) bond motifs is 1. The molecule has 0 saturated carbocycles. The number of amides is 1. The molecule has 0 saturated heterocycles. The Kier molecular flexibility index (Phi) is 3.86. The second-order valence-electron chi connectivity index (χ2n) is 4.13. The van der Waals surface area contributed by atoms with Crippen molar-refractivity contribution in [3.8, 4) is 0 Å². The smallest absolute Gasteiger partial charge is 0.261 e. The van der Waals surface area contributed by atoms with Crippen molar-refractivity contribution in [3.63, 3.8) is 0 Å². The zero-order valence-corrected chi connectivity index (χ0v) is 11.4. The summed E-state index contributed by atoms with van der Waals surface area (Å²) in [4.78, 5) is 25.7. The number of rotatable bonds is 5. The van der Waals surface area contributed by atoms with Gasteiger partial charge in [-0.1, -0.05) is 0 Å². The van der Waals surface area contributed by atoms with Crippen molar-refractivity contribution in [1.29, 1.82) is 0 Å². The maximum Gasteiger partial charge on any atom is 0.261 e. The molecular formula is C10H13N5O4S. The van der Waals surface area contributed by atoms with E-state index in [4.69, 9.17) is 0 Å². The van der Waals surface area contributed by atoms with Crippen molar-refractivity contribution in [2.75, 3.05) is 18.1 Å². The molecule has 2 heterocycles. The molecule has 0 fully saturated rings. The Labute approximate surface area is 113 Å². The van der Waals surface area contributed by atoms with E-state index in [1.165, 1.54) is 6.20 Å². The lowest BCUT2D eigenvalue weighted by Gasteiger charge is -2.03. The van der Waals surface area contributed by atoms with Crippen LogP contribution in [0.1, 0.15) is 6.42 Å². The predicted octanol–water partition coefficient (Wildman–Crippen LogP) is -0.871. The first kappa shape index (κ1) is 14.2. The third-order valence-electron chi connectivity index (χ3n) is 2.46. The lowest BCUT2D eigenvalue weighted by atomic mass is 10.3. The number of anilines is 1. The Morgan fingerprint density at radius 3 is 2.90 bits per heavy atom. The largest absolute Gasteiger partial charge is 0.328 e. The van der Waals surface area contributed by atoms with Crippen LogP contribution in [0.3, 0.4) is 0 Å². The van der Waals surface area contributed by atoms with Crippen LogP contribution >= 0.6 is 0 Å². The van der Waals surface area contributed by atoms with Crippen LogP contribution in [0.4, 0.5) is 5.82 Å². The number of sulfonamides is 1. The minimum Gasteiger partial charge on any atom is -0.328 e. The molecule has 20 heavy (non-hydrogen) atoms. The summed E-state index contributed by atoms with van der Waals surface area (Å²) in [5.41, 5.74) is 0.124. The van der Waals surface area contributed by atoms with Crippen LogP contribution in [0.5, 0.6) is 0 Å². The summed E-state index contributed by atoms with van der Waals surface area (Å²) in [6, 6.07) is 1.62. The molecule has 0 spiro atoms. The van der Waals surface area contributed by atoms with E-state index in [-0.39, 0.29) is 29.7 Å². The Hall–Kier alpha value is -2.20. The van der Waals surface area contributed by atoms with E-state index in [1.54, 1.807) is 6.07 Å². The highest BCUT2D eigenvalue weighted by molar-refractivity contribution is 7.88. The zero-order chi connectivity index (χ0) is 14.8. The van der Waals surface area contributed by atoms with E-state index >= 15 is 0 Å². The van der Waals surface area contributed by atoms with Crippen molar-refractivity contribution in [3.05, 3.63) is 22.6 Å². The molecular weight excluding hydrogens is 286 g/mol. The summed E-state index contributed by atoms with van der Waals surface area (Å²) in [5, 5.41) is 9.16. The van der Waals surface area contributed by atoms with Gasteiger partial charge in [0.1, 0.15) is 5.39 Å². The number of nitrogens with one attached hydrogen (secondary N) is 4. The second-order valence-corrected chi connectivity index (χ2v) is 5.97. The Morgan fingerprint density at radius 2 is 2.20 bits per heavy atom. The molecule has 4 N–H and O–H groups in total. The van der Waals surface area contributed by atoms with Crippen LogP contribution in [-0.4, -0.2) is 42.3 Å². The van der Waals surface area contributed by atoms with E-state index < -0.39 is 15.9 Å². The number of aromatic amines is 2. The number of hydrogen-bond donors (Lipinski definition) is 4. The van der Waals surface area contributed by atoms with Crippen LogP contribution in [0.25, 0.3) is 10.9 Å². The van der Waals surface area contributed by atoms with Gasteiger partial charge in [0.15, 0.2) is 5.82 Å². The van der Waals surface area contributed by atoms with Crippen molar-refractivity contribution in [2.24, 2.45) is 0 Å². The van der Waals surface area contributed by atoms with Crippen molar-refractivity contribution in [2.45, 2.75) is 6.42 Å². The average molecular weight is 299 g/mol. The first-order chi connectivity index (χ1) is 9.37. The van der Waals surface area contributed by atoms with Gasteiger partial charge >= 0.3 is 0 Å². The number of H-pyrrole nitrogens is 2. The fraction of sp³-hybridized carbons (Fsp3) is 0.300. The molecule has 2 rings (SSSR count). The normalized spacial score (nSPS) is 11.7. The first-order valence-electron chi connectivity index (χ1n) is 5.67. The highest BCUT2D eigenvalue weighted by Crippen LogP contribution is 2.14. The topological polar surface area (TPSA) is 137 Å².